The van der Waals surface area contributed by atoms with Crippen LogP contribution in [0.1, 0.15) is 65.2 Å². The van der Waals surface area contributed by atoms with Crippen molar-refractivity contribution in [2.45, 2.75) is 44.4 Å². The average Bonchev–Trinajstić information content (AvgIpc) is 3.00. The fourth-order valence-electron chi connectivity index (χ4n) is 4.18. The van der Waals surface area contributed by atoms with Crippen LogP contribution in [0.5, 0.6) is 0 Å². The molecule has 0 amide bonds. The molecule has 0 aromatic heterocycles. The number of carbonyl (C=O) groups is 1. The highest BCUT2D eigenvalue weighted by atomic mass is 16.1. The van der Waals surface area contributed by atoms with Crippen LogP contribution in [0.25, 0.3) is 0 Å². The molecule has 21 heavy (non-hydrogen) atoms. The van der Waals surface area contributed by atoms with Gasteiger partial charge in [0.25, 0.3) is 0 Å². The average molecular weight is 276 g/mol. The van der Waals surface area contributed by atoms with Crippen molar-refractivity contribution in [3.8, 4) is 0 Å². The van der Waals surface area contributed by atoms with Crippen molar-refractivity contribution < 1.29 is 4.79 Å². The molecule has 1 heteroatoms. The van der Waals surface area contributed by atoms with Gasteiger partial charge < -0.3 is 0 Å². The monoisotopic (exact) mass is 276 g/mol. The van der Waals surface area contributed by atoms with Crippen molar-refractivity contribution in [2.24, 2.45) is 0 Å². The Labute approximate surface area is 126 Å². The summed E-state index contributed by atoms with van der Waals surface area (Å²) >= 11 is 0. The molecule has 0 saturated carbocycles. The molecule has 106 valence electrons. The smallest absolute Gasteiger partial charge is 0.164 e. The zero-order valence-electron chi connectivity index (χ0n) is 12.6. The summed E-state index contributed by atoms with van der Waals surface area (Å²) < 4.78 is 0. The van der Waals surface area contributed by atoms with Gasteiger partial charge in [-0.25, -0.2) is 0 Å². The zero-order chi connectivity index (χ0) is 14.6. The third kappa shape index (κ3) is 1.67. The van der Waals surface area contributed by atoms with E-state index in [9.17, 15) is 4.79 Å². The Balaban J connectivity index is 1.92. The molecule has 0 aliphatic heterocycles. The van der Waals surface area contributed by atoms with Crippen LogP contribution in [-0.2, 0) is 11.8 Å². The predicted molar refractivity (Wildman–Crippen MR) is 85.0 cm³/mol. The maximum absolute atomic E-state index is 12.6. The van der Waals surface area contributed by atoms with Gasteiger partial charge in [-0.3, -0.25) is 4.79 Å². The Morgan fingerprint density at radius 2 is 1.86 bits per heavy atom. The normalized spacial score (nSPS) is 22.9. The van der Waals surface area contributed by atoms with Gasteiger partial charge in [-0.1, -0.05) is 50.2 Å². The van der Waals surface area contributed by atoms with Crippen LogP contribution in [0, 0.1) is 0 Å². The highest BCUT2D eigenvalue weighted by Gasteiger charge is 2.48. The second-order valence-electron chi connectivity index (χ2n) is 6.80. The molecule has 2 aliphatic carbocycles. The van der Waals surface area contributed by atoms with E-state index >= 15 is 0 Å². The molecule has 2 aliphatic rings. The number of rotatable bonds is 1. The number of carbonyl (C=O) groups excluding carboxylic acids is 1. The summed E-state index contributed by atoms with van der Waals surface area (Å²) in [4.78, 5) is 12.6. The van der Waals surface area contributed by atoms with Crippen LogP contribution in [-0.4, -0.2) is 5.78 Å². The van der Waals surface area contributed by atoms with Crippen LogP contribution < -0.4 is 0 Å². The summed E-state index contributed by atoms with van der Waals surface area (Å²) in [5.74, 6) is 0.791. The summed E-state index contributed by atoms with van der Waals surface area (Å²) in [5, 5.41) is 0. The molecule has 0 bridgehead atoms. The summed E-state index contributed by atoms with van der Waals surface area (Å²) in [5.41, 5.74) is 6.27. The van der Waals surface area contributed by atoms with Gasteiger partial charge in [0.1, 0.15) is 0 Å². The van der Waals surface area contributed by atoms with Crippen molar-refractivity contribution in [1.82, 2.24) is 0 Å². The zero-order valence-corrected chi connectivity index (χ0v) is 12.6. The fraction of sp³-hybridized carbons (Fsp3) is 0.350. The van der Waals surface area contributed by atoms with E-state index in [1.165, 1.54) is 22.3 Å². The van der Waals surface area contributed by atoms with E-state index in [-0.39, 0.29) is 5.41 Å². The van der Waals surface area contributed by atoms with Gasteiger partial charge in [0.2, 0.25) is 0 Å². The van der Waals surface area contributed by atoms with Crippen molar-refractivity contribution in [3.63, 3.8) is 0 Å². The third-order valence-electron chi connectivity index (χ3n) is 5.34. The lowest BCUT2D eigenvalue weighted by Crippen LogP contribution is -2.21. The van der Waals surface area contributed by atoms with Gasteiger partial charge in [0.05, 0.1) is 0 Å². The molecule has 0 heterocycles. The van der Waals surface area contributed by atoms with Crippen LogP contribution in [0.15, 0.2) is 42.5 Å². The van der Waals surface area contributed by atoms with Crippen molar-refractivity contribution >= 4 is 5.78 Å². The molecule has 0 saturated heterocycles. The number of Topliss-reactive ketones (excluding diaryl/α,β-unsaturated/α-hetero) is 1. The van der Waals surface area contributed by atoms with Gasteiger partial charge in [0.15, 0.2) is 5.78 Å². The molecule has 0 radical (unpaired) electrons. The summed E-state index contributed by atoms with van der Waals surface area (Å²) in [6, 6.07) is 15.2. The molecule has 0 fully saturated rings. The van der Waals surface area contributed by atoms with E-state index in [1.807, 2.05) is 0 Å². The standard InChI is InChI=1S/C20H20O/c1-13(2)15-7-8-18-16(11-15)19(21)12-20(18)10-9-14-5-3-4-6-17(14)20/h3-8,11,13H,9-10,12H2,1-2H3. The van der Waals surface area contributed by atoms with Gasteiger partial charge in [-0.05, 0) is 47.1 Å². The highest BCUT2D eigenvalue weighted by molar-refractivity contribution is 6.03. The minimum atomic E-state index is -0.0431. The van der Waals surface area contributed by atoms with E-state index in [0.29, 0.717) is 18.1 Å². The van der Waals surface area contributed by atoms with Crippen LogP contribution >= 0.6 is 0 Å². The Hall–Kier alpha value is -1.89. The van der Waals surface area contributed by atoms with E-state index in [4.69, 9.17) is 0 Å². The van der Waals surface area contributed by atoms with E-state index in [2.05, 4.69) is 56.3 Å². The largest absolute Gasteiger partial charge is 0.294 e. The number of aryl methyl sites for hydroxylation is 1. The lowest BCUT2D eigenvalue weighted by atomic mass is 9.76. The first kappa shape index (κ1) is 12.8. The molecule has 1 unspecified atom stereocenters. The maximum atomic E-state index is 12.6. The number of benzene rings is 2. The Kier molecular flexibility index (Phi) is 2.63. The SMILES string of the molecule is CC(C)c1ccc2c(c1)C(=O)CC21CCc2ccccc21. The van der Waals surface area contributed by atoms with Crippen molar-refractivity contribution in [1.29, 1.82) is 0 Å². The predicted octanol–water partition coefficient (Wildman–Crippen LogP) is 4.63. The summed E-state index contributed by atoms with van der Waals surface area (Å²) in [6.45, 7) is 4.36. The second-order valence-corrected chi connectivity index (χ2v) is 6.80. The lowest BCUT2D eigenvalue weighted by molar-refractivity contribution is 0.0979. The summed E-state index contributed by atoms with van der Waals surface area (Å²) in [6.07, 6.45) is 2.82. The Bertz CT molecular complexity index is 741. The minimum absolute atomic E-state index is 0.0431. The quantitative estimate of drug-likeness (QED) is 0.742. The molecule has 0 N–H and O–H groups in total. The van der Waals surface area contributed by atoms with Crippen molar-refractivity contribution in [2.75, 3.05) is 0 Å². The van der Waals surface area contributed by atoms with Crippen molar-refractivity contribution in [3.05, 3.63) is 70.3 Å². The number of fused-ring (bicyclic) bond motifs is 4. The van der Waals surface area contributed by atoms with Gasteiger partial charge in [0, 0.05) is 17.4 Å². The number of hydrogen-bond donors (Lipinski definition) is 0. The van der Waals surface area contributed by atoms with Gasteiger partial charge in [-0.15, -0.1) is 0 Å². The molecule has 2 aromatic rings. The van der Waals surface area contributed by atoms with Gasteiger partial charge in [-0.2, -0.15) is 0 Å². The van der Waals surface area contributed by atoms with Gasteiger partial charge >= 0.3 is 0 Å². The Morgan fingerprint density at radius 3 is 2.67 bits per heavy atom. The third-order valence-corrected chi connectivity index (χ3v) is 5.34. The van der Waals surface area contributed by atoms with Crippen LogP contribution in [0.2, 0.25) is 0 Å². The second kappa shape index (κ2) is 4.30. The maximum Gasteiger partial charge on any atom is 0.164 e. The topological polar surface area (TPSA) is 17.1 Å². The molecular formula is C20H20O. The first-order valence-corrected chi connectivity index (χ1v) is 7.88. The molecule has 2 aromatic carbocycles. The Morgan fingerprint density at radius 1 is 1.05 bits per heavy atom. The molecule has 1 nitrogen and oxygen atoms in total. The number of ketones is 1. The van der Waals surface area contributed by atoms with E-state index < -0.39 is 0 Å². The van der Waals surface area contributed by atoms with E-state index in [0.717, 1.165) is 18.4 Å². The van der Waals surface area contributed by atoms with E-state index in [1.54, 1.807) is 0 Å². The fourth-order valence-corrected chi connectivity index (χ4v) is 4.18. The molecular weight excluding hydrogens is 256 g/mol. The minimum Gasteiger partial charge on any atom is -0.294 e. The van der Waals surface area contributed by atoms with Crippen LogP contribution in [0.4, 0.5) is 0 Å². The molecule has 4 rings (SSSR count). The summed E-state index contributed by atoms with van der Waals surface area (Å²) in [7, 11) is 0. The van der Waals surface area contributed by atoms with Crippen LogP contribution in [0.3, 0.4) is 0 Å². The first-order valence-electron chi connectivity index (χ1n) is 7.88. The molecule has 1 atom stereocenters. The number of hydrogen-bond acceptors (Lipinski definition) is 1. The highest BCUT2D eigenvalue weighted by Crippen LogP contribution is 2.52. The first-order chi connectivity index (χ1) is 10.1. The molecule has 1 spiro atoms. The lowest BCUT2D eigenvalue weighted by Gasteiger charge is -2.25.